The highest BCUT2D eigenvalue weighted by Gasteiger charge is 2.20. The summed E-state index contributed by atoms with van der Waals surface area (Å²) < 4.78 is 5.00. The van der Waals surface area contributed by atoms with Crippen LogP contribution in [0.15, 0.2) is 60.7 Å². The zero-order chi connectivity index (χ0) is 21.8. The van der Waals surface area contributed by atoms with Crippen LogP contribution in [0.5, 0.6) is 0 Å². The van der Waals surface area contributed by atoms with Gasteiger partial charge in [0.2, 0.25) is 5.91 Å². The Morgan fingerprint density at radius 1 is 0.867 bits per heavy atom. The number of amides is 3. The summed E-state index contributed by atoms with van der Waals surface area (Å²) in [5, 5.41) is 7.73. The van der Waals surface area contributed by atoms with E-state index in [2.05, 4.69) is 16.0 Å². The minimum absolute atomic E-state index is 0.147. The van der Waals surface area contributed by atoms with E-state index in [1.165, 1.54) is 0 Å². The zero-order valence-corrected chi connectivity index (χ0v) is 16.7. The quantitative estimate of drug-likeness (QED) is 0.511. The highest BCUT2D eigenvalue weighted by molar-refractivity contribution is 5.94. The van der Waals surface area contributed by atoms with E-state index in [0.717, 1.165) is 5.56 Å². The van der Waals surface area contributed by atoms with Crippen LogP contribution in [0.2, 0.25) is 0 Å². The summed E-state index contributed by atoms with van der Waals surface area (Å²) in [5.74, 6) is -1.88. The molecule has 158 valence electrons. The maximum Gasteiger partial charge on any atom is 0.308 e. The van der Waals surface area contributed by atoms with Gasteiger partial charge in [-0.25, -0.2) is 0 Å². The molecule has 0 saturated heterocycles. The van der Waals surface area contributed by atoms with Gasteiger partial charge in [-0.15, -0.1) is 0 Å². The van der Waals surface area contributed by atoms with Crippen LogP contribution in [0.3, 0.4) is 0 Å². The molecule has 0 aliphatic carbocycles. The predicted molar refractivity (Wildman–Crippen MR) is 110 cm³/mol. The third kappa shape index (κ3) is 7.75. The van der Waals surface area contributed by atoms with Gasteiger partial charge in [-0.3, -0.25) is 19.2 Å². The van der Waals surface area contributed by atoms with Gasteiger partial charge in [-0.05, 0) is 24.6 Å². The Hall–Kier alpha value is -3.68. The van der Waals surface area contributed by atoms with Gasteiger partial charge >= 0.3 is 5.97 Å². The number of rotatable bonds is 10. The fourth-order valence-corrected chi connectivity index (χ4v) is 2.63. The van der Waals surface area contributed by atoms with Crippen molar-refractivity contribution in [2.24, 2.45) is 0 Å². The molecule has 3 N–H and O–H groups in total. The predicted octanol–water partition coefficient (Wildman–Crippen LogP) is 1.34. The van der Waals surface area contributed by atoms with Gasteiger partial charge < -0.3 is 20.7 Å². The molecule has 2 rings (SSSR count). The lowest BCUT2D eigenvalue weighted by molar-refractivity contribution is -0.149. The standard InChI is InChI=1S/C22H25N3O5/c1-2-23-19(26)14-24-20(27)15-30-21(28)13-18(16-9-5-3-6-10-16)25-22(29)17-11-7-4-8-12-17/h3-12,18H,2,13-15H2,1H3,(H,23,26)(H,24,27)(H,25,29)/t18-/m0/s1. The molecule has 0 saturated carbocycles. The highest BCUT2D eigenvalue weighted by atomic mass is 16.5. The first-order valence-corrected chi connectivity index (χ1v) is 9.59. The minimum atomic E-state index is -0.648. The van der Waals surface area contributed by atoms with Crippen molar-refractivity contribution in [3.63, 3.8) is 0 Å². The summed E-state index contributed by atoms with van der Waals surface area (Å²) >= 11 is 0. The van der Waals surface area contributed by atoms with Gasteiger partial charge in [0, 0.05) is 12.1 Å². The van der Waals surface area contributed by atoms with Crippen LogP contribution in [0.1, 0.15) is 35.3 Å². The van der Waals surface area contributed by atoms with Gasteiger partial charge in [0.25, 0.3) is 11.8 Å². The average Bonchev–Trinajstić information content (AvgIpc) is 2.77. The van der Waals surface area contributed by atoms with Crippen LogP contribution >= 0.6 is 0 Å². The molecule has 2 aromatic rings. The van der Waals surface area contributed by atoms with Crippen LogP contribution in [-0.2, 0) is 19.1 Å². The third-order valence-corrected chi connectivity index (χ3v) is 4.10. The molecule has 8 nitrogen and oxygen atoms in total. The Morgan fingerprint density at radius 3 is 2.13 bits per heavy atom. The van der Waals surface area contributed by atoms with Gasteiger partial charge in [0.05, 0.1) is 19.0 Å². The second kappa shape index (κ2) is 12.0. The number of esters is 1. The smallest absolute Gasteiger partial charge is 0.308 e. The summed E-state index contributed by atoms with van der Waals surface area (Å²) in [6.45, 7) is 1.52. The van der Waals surface area contributed by atoms with E-state index in [1.54, 1.807) is 61.5 Å². The van der Waals surface area contributed by atoms with E-state index in [9.17, 15) is 19.2 Å². The van der Waals surface area contributed by atoms with Gasteiger partial charge in [0.15, 0.2) is 6.61 Å². The first-order chi connectivity index (χ1) is 14.5. The first-order valence-electron chi connectivity index (χ1n) is 9.59. The fraction of sp³-hybridized carbons (Fsp3) is 0.273. The number of carbonyl (C=O) groups excluding carboxylic acids is 4. The molecule has 0 bridgehead atoms. The Bertz CT molecular complexity index is 856. The largest absolute Gasteiger partial charge is 0.456 e. The highest BCUT2D eigenvalue weighted by Crippen LogP contribution is 2.18. The van der Waals surface area contributed by atoms with Crippen molar-refractivity contribution in [2.45, 2.75) is 19.4 Å². The van der Waals surface area contributed by atoms with E-state index < -0.39 is 24.5 Å². The number of nitrogens with one attached hydrogen (secondary N) is 3. The molecular weight excluding hydrogens is 386 g/mol. The lowest BCUT2D eigenvalue weighted by atomic mass is 10.0. The summed E-state index contributed by atoms with van der Waals surface area (Å²) in [7, 11) is 0. The SMILES string of the molecule is CCNC(=O)CNC(=O)COC(=O)C[C@H](NC(=O)c1ccccc1)c1ccccc1. The lowest BCUT2D eigenvalue weighted by Gasteiger charge is -2.18. The Morgan fingerprint density at radius 2 is 1.50 bits per heavy atom. The van der Waals surface area contributed by atoms with Crippen molar-refractivity contribution in [3.05, 3.63) is 71.8 Å². The molecule has 0 heterocycles. The van der Waals surface area contributed by atoms with E-state index in [1.807, 2.05) is 6.07 Å². The Kier molecular flexibility index (Phi) is 9.05. The van der Waals surface area contributed by atoms with E-state index in [4.69, 9.17) is 4.74 Å². The zero-order valence-electron chi connectivity index (χ0n) is 16.7. The van der Waals surface area contributed by atoms with Crippen molar-refractivity contribution in [2.75, 3.05) is 19.7 Å². The normalized spacial score (nSPS) is 11.1. The van der Waals surface area contributed by atoms with Crippen LogP contribution in [0.4, 0.5) is 0 Å². The molecular formula is C22H25N3O5. The number of carbonyl (C=O) groups is 4. The first kappa shape index (κ1) is 22.6. The number of hydrogen-bond donors (Lipinski definition) is 3. The molecule has 8 heteroatoms. The average molecular weight is 411 g/mol. The number of ether oxygens (including phenoxy) is 1. The summed E-state index contributed by atoms with van der Waals surface area (Å²) in [6, 6.07) is 17.1. The molecule has 1 atom stereocenters. The maximum atomic E-state index is 12.5. The van der Waals surface area contributed by atoms with Crippen molar-refractivity contribution in [1.29, 1.82) is 0 Å². The Balaban J connectivity index is 1.92. The molecule has 30 heavy (non-hydrogen) atoms. The second-order valence-electron chi connectivity index (χ2n) is 6.40. The van der Waals surface area contributed by atoms with Crippen molar-refractivity contribution < 1.29 is 23.9 Å². The van der Waals surface area contributed by atoms with Crippen LogP contribution < -0.4 is 16.0 Å². The number of likely N-dealkylation sites (N-methyl/N-ethyl adjacent to an activating group) is 1. The van der Waals surface area contributed by atoms with E-state index >= 15 is 0 Å². The molecule has 0 radical (unpaired) electrons. The van der Waals surface area contributed by atoms with Crippen LogP contribution in [0.25, 0.3) is 0 Å². The van der Waals surface area contributed by atoms with Crippen LogP contribution in [-0.4, -0.2) is 43.4 Å². The van der Waals surface area contributed by atoms with Crippen LogP contribution in [0, 0.1) is 0 Å². The fourth-order valence-electron chi connectivity index (χ4n) is 2.63. The van der Waals surface area contributed by atoms with E-state index in [-0.39, 0.29) is 24.8 Å². The molecule has 0 fully saturated rings. The van der Waals surface area contributed by atoms with Crippen molar-refractivity contribution in [3.8, 4) is 0 Å². The lowest BCUT2D eigenvalue weighted by Crippen LogP contribution is -2.38. The minimum Gasteiger partial charge on any atom is -0.456 e. The third-order valence-electron chi connectivity index (χ3n) is 4.10. The molecule has 3 amide bonds. The summed E-state index contributed by atoms with van der Waals surface area (Å²) in [4.78, 5) is 47.8. The molecule has 2 aromatic carbocycles. The summed E-state index contributed by atoms with van der Waals surface area (Å²) in [5.41, 5.74) is 1.20. The topological polar surface area (TPSA) is 114 Å². The number of hydrogen-bond acceptors (Lipinski definition) is 5. The van der Waals surface area contributed by atoms with Gasteiger partial charge in [0.1, 0.15) is 0 Å². The van der Waals surface area contributed by atoms with Gasteiger partial charge in [-0.1, -0.05) is 48.5 Å². The molecule has 0 aromatic heterocycles. The number of benzene rings is 2. The summed E-state index contributed by atoms with van der Waals surface area (Å²) in [6.07, 6.45) is -0.147. The molecule has 0 unspecified atom stereocenters. The molecule has 0 spiro atoms. The molecule has 0 aliphatic rings. The van der Waals surface area contributed by atoms with Crippen molar-refractivity contribution in [1.82, 2.24) is 16.0 Å². The monoisotopic (exact) mass is 411 g/mol. The van der Waals surface area contributed by atoms with Crippen molar-refractivity contribution >= 4 is 23.7 Å². The maximum absolute atomic E-state index is 12.5. The van der Waals surface area contributed by atoms with Gasteiger partial charge in [-0.2, -0.15) is 0 Å². The van der Waals surface area contributed by atoms with E-state index in [0.29, 0.717) is 12.1 Å². The molecule has 0 aliphatic heterocycles. The Labute approximate surface area is 175 Å². The second-order valence-corrected chi connectivity index (χ2v) is 6.40.